The number of nitrogens with one attached hydrogen (secondary N) is 1. The maximum atomic E-state index is 3.74. The molecule has 1 heterocycles. The number of nitrogens with zero attached hydrogens (tertiary/aromatic N) is 1. The van der Waals surface area contributed by atoms with Crippen LogP contribution in [0, 0.1) is 5.41 Å². The van der Waals surface area contributed by atoms with Crippen molar-refractivity contribution < 1.29 is 0 Å². The van der Waals surface area contributed by atoms with Gasteiger partial charge in [0, 0.05) is 25.2 Å². The van der Waals surface area contributed by atoms with Crippen LogP contribution in [-0.4, -0.2) is 36.6 Å². The minimum Gasteiger partial charge on any atom is -0.310 e. The third kappa shape index (κ3) is 2.94. The Bertz CT molecular complexity index is 211. The smallest absolute Gasteiger partial charge is 0.0252 e. The molecule has 2 nitrogen and oxygen atoms in total. The van der Waals surface area contributed by atoms with Crippen molar-refractivity contribution in [2.45, 2.75) is 52.0 Å². The molecular formula is C13H26N2. The molecule has 0 radical (unpaired) electrons. The Morgan fingerprint density at radius 1 is 1.20 bits per heavy atom. The van der Waals surface area contributed by atoms with Crippen LogP contribution in [0.25, 0.3) is 0 Å². The first-order valence-electron chi connectivity index (χ1n) is 6.53. The molecule has 1 saturated heterocycles. The molecule has 0 atom stereocenters. The van der Waals surface area contributed by atoms with Gasteiger partial charge >= 0.3 is 0 Å². The standard InChI is InChI=1S/C13H26N2/c1-4-5-8-15-10-12(2,3)14-9-13(11-15)6-7-13/h14H,4-11H2,1-3H3. The van der Waals surface area contributed by atoms with Crippen LogP contribution in [0.2, 0.25) is 0 Å². The molecule has 1 aliphatic carbocycles. The predicted molar refractivity (Wildman–Crippen MR) is 65.1 cm³/mol. The molecule has 88 valence electrons. The highest BCUT2D eigenvalue weighted by atomic mass is 15.2. The monoisotopic (exact) mass is 210 g/mol. The van der Waals surface area contributed by atoms with Gasteiger partial charge in [0.2, 0.25) is 0 Å². The van der Waals surface area contributed by atoms with Crippen LogP contribution in [0.5, 0.6) is 0 Å². The van der Waals surface area contributed by atoms with E-state index in [9.17, 15) is 0 Å². The van der Waals surface area contributed by atoms with Gasteiger partial charge in [-0.1, -0.05) is 13.3 Å². The van der Waals surface area contributed by atoms with Crippen molar-refractivity contribution in [1.82, 2.24) is 10.2 Å². The molecule has 2 aliphatic rings. The van der Waals surface area contributed by atoms with Gasteiger partial charge in [0.1, 0.15) is 0 Å². The summed E-state index contributed by atoms with van der Waals surface area (Å²) in [6.07, 6.45) is 5.56. The molecule has 2 rings (SSSR count). The Labute approximate surface area is 94.4 Å². The normalized spacial score (nSPS) is 29.0. The predicted octanol–water partition coefficient (Wildman–Crippen LogP) is 2.25. The fraction of sp³-hybridized carbons (Fsp3) is 1.00. The second-order valence-electron chi connectivity index (χ2n) is 6.30. The van der Waals surface area contributed by atoms with Gasteiger partial charge in [-0.3, -0.25) is 0 Å². The van der Waals surface area contributed by atoms with Crippen LogP contribution in [0.1, 0.15) is 46.5 Å². The Hall–Kier alpha value is -0.0800. The van der Waals surface area contributed by atoms with Crippen molar-refractivity contribution in [3.05, 3.63) is 0 Å². The zero-order chi connectivity index (χ0) is 10.9. The van der Waals surface area contributed by atoms with E-state index in [1.165, 1.54) is 51.9 Å². The van der Waals surface area contributed by atoms with E-state index in [1.54, 1.807) is 0 Å². The second kappa shape index (κ2) is 4.06. The van der Waals surface area contributed by atoms with Gasteiger partial charge in [0.05, 0.1) is 0 Å². The van der Waals surface area contributed by atoms with Crippen molar-refractivity contribution in [1.29, 1.82) is 0 Å². The SMILES string of the molecule is CCCCN1CC2(CC2)CNC(C)(C)C1. The number of unbranched alkanes of at least 4 members (excludes halogenated alkanes) is 1. The van der Waals surface area contributed by atoms with Gasteiger partial charge < -0.3 is 10.2 Å². The van der Waals surface area contributed by atoms with Crippen LogP contribution in [-0.2, 0) is 0 Å². The van der Waals surface area contributed by atoms with Gasteiger partial charge in [0.25, 0.3) is 0 Å². The number of hydrogen-bond acceptors (Lipinski definition) is 2. The van der Waals surface area contributed by atoms with E-state index < -0.39 is 0 Å². The molecule has 1 saturated carbocycles. The molecular weight excluding hydrogens is 184 g/mol. The van der Waals surface area contributed by atoms with E-state index in [0.717, 1.165) is 0 Å². The van der Waals surface area contributed by atoms with Gasteiger partial charge in [0.15, 0.2) is 0 Å². The van der Waals surface area contributed by atoms with Gasteiger partial charge in [-0.05, 0) is 45.1 Å². The minimum absolute atomic E-state index is 0.305. The molecule has 1 aliphatic heterocycles. The van der Waals surface area contributed by atoms with Gasteiger partial charge in [-0.2, -0.15) is 0 Å². The lowest BCUT2D eigenvalue weighted by atomic mass is 10.1. The lowest BCUT2D eigenvalue weighted by Crippen LogP contribution is -2.46. The quantitative estimate of drug-likeness (QED) is 0.768. The summed E-state index contributed by atoms with van der Waals surface area (Å²) in [5.41, 5.74) is 0.960. The van der Waals surface area contributed by atoms with Crippen LogP contribution in [0.4, 0.5) is 0 Å². The molecule has 2 heteroatoms. The summed E-state index contributed by atoms with van der Waals surface area (Å²) >= 11 is 0. The highest BCUT2D eigenvalue weighted by Crippen LogP contribution is 2.47. The third-order valence-corrected chi connectivity index (χ3v) is 3.90. The Morgan fingerprint density at radius 3 is 2.53 bits per heavy atom. The molecule has 0 aromatic heterocycles. The Morgan fingerprint density at radius 2 is 1.93 bits per heavy atom. The summed E-state index contributed by atoms with van der Waals surface area (Å²) in [5, 5.41) is 3.74. The van der Waals surface area contributed by atoms with E-state index in [2.05, 4.69) is 31.0 Å². The Balaban J connectivity index is 1.95. The zero-order valence-corrected chi connectivity index (χ0v) is 10.6. The highest BCUT2D eigenvalue weighted by Gasteiger charge is 2.46. The third-order valence-electron chi connectivity index (χ3n) is 3.90. The molecule has 2 fully saturated rings. The van der Waals surface area contributed by atoms with Crippen LogP contribution < -0.4 is 5.32 Å². The summed E-state index contributed by atoms with van der Waals surface area (Å²) in [6, 6.07) is 0. The first-order chi connectivity index (χ1) is 7.05. The lowest BCUT2D eigenvalue weighted by molar-refractivity contribution is 0.211. The Kier molecular flexibility index (Phi) is 3.09. The molecule has 0 unspecified atom stereocenters. The van der Waals surface area contributed by atoms with Crippen LogP contribution in [0.3, 0.4) is 0 Å². The molecule has 0 bridgehead atoms. The first kappa shape index (κ1) is 11.4. The topological polar surface area (TPSA) is 15.3 Å². The summed E-state index contributed by atoms with van der Waals surface area (Å²) in [7, 11) is 0. The fourth-order valence-corrected chi connectivity index (χ4v) is 2.68. The molecule has 1 spiro atoms. The van der Waals surface area contributed by atoms with Gasteiger partial charge in [-0.15, -0.1) is 0 Å². The van der Waals surface area contributed by atoms with Crippen molar-refractivity contribution in [2.24, 2.45) is 5.41 Å². The first-order valence-corrected chi connectivity index (χ1v) is 6.53. The van der Waals surface area contributed by atoms with Crippen molar-refractivity contribution in [3.63, 3.8) is 0 Å². The van der Waals surface area contributed by atoms with Crippen LogP contribution >= 0.6 is 0 Å². The molecule has 0 amide bonds. The van der Waals surface area contributed by atoms with Crippen LogP contribution in [0.15, 0.2) is 0 Å². The van der Waals surface area contributed by atoms with Crippen molar-refractivity contribution in [3.8, 4) is 0 Å². The zero-order valence-electron chi connectivity index (χ0n) is 10.6. The maximum Gasteiger partial charge on any atom is 0.0252 e. The van der Waals surface area contributed by atoms with E-state index in [1.807, 2.05) is 0 Å². The fourth-order valence-electron chi connectivity index (χ4n) is 2.68. The maximum absolute atomic E-state index is 3.74. The average molecular weight is 210 g/mol. The summed E-state index contributed by atoms with van der Waals surface area (Å²) in [4.78, 5) is 2.69. The summed E-state index contributed by atoms with van der Waals surface area (Å²) in [6.45, 7) is 12.1. The molecule has 1 N–H and O–H groups in total. The summed E-state index contributed by atoms with van der Waals surface area (Å²) < 4.78 is 0. The minimum atomic E-state index is 0.305. The highest BCUT2D eigenvalue weighted by molar-refractivity contribution is 5.02. The molecule has 15 heavy (non-hydrogen) atoms. The number of hydrogen-bond donors (Lipinski definition) is 1. The average Bonchev–Trinajstić information content (AvgIpc) is 2.93. The number of rotatable bonds is 3. The van der Waals surface area contributed by atoms with Crippen molar-refractivity contribution in [2.75, 3.05) is 26.2 Å². The van der Waals surface area contributed by atoms with Crippen molar-refractivity contribution >= 4 is 0 Å². The lowest BCUT2D eigenvalue weighted by Gasteiger charge is -2.30. The van der Waals surface area contributed by atoms with Gasteiger partial charge in [-0.25, -0.2) is 0 Å². The second-order valence-corrected chi connectivity index (χ2v) is 6.30. The van der Waals surface area contributed by atoms with E-state index in [4.69, 9.17) is 0 Å². The van der Waals surface area contributed by atoms with E-state index in [0.29, 0.717) is 11.0 Å². The molecule has 0 aromatic carbocycles. The molecule has 0 aromatic rings. The van der Waals surface area contributed by atoms with E-state index in [-0.39, 0.29) is 0 Å². The largest absolute Gasteiger partial charge is 0.310 e. The summed E-state index contributed by atoms with van der Waals surface area (Å²) in [5.74, 6) is 0. The van der Waals surface area contributed by atoms with E-state index >= 15 is 0 Å².